The molecule has 2 rings (SSSR count). The second kappa shape index (κ2) is 10.1. The maximum absolute atomic E-state index is 9.47. The molecule has 0 fully saturated rings. The number of fused-ring (bicyclic) bond motifs is 1. The van der Waals surface area contributed by atoms with Gasteiger partial charge < -0.3 is 9.63 Å². The SMILES string of the molecule is CCCCc1cc2cc(Br)ccc2c(/C=N/O)c1O[Si](C(C)C)(C(C)C)C(C)C. The molecule has 0 saturated carbocycles. The van der Waals surface area contributed by atoms with E-state index in [1.807, 2.05) is 6.07 Å². The largest absolute Gasteiger partial charge is 0.542 e. The van der Waals surface area contributed by atoms with E-state index in [9.17, 15) is 5.21 Å². The normalized spacial score (nSPS) is 12.8. The van der Waals surface area contributed by atoms with Gasteiger partial charge in [-0.15, -0.1) is 0 Å². The fraction of sp³-hybridized carbons (Fsp3) is 0.542. The molecule has 0 aliphatic rings. The Morgan fingerprint density at radius 2 is 1.69 bits per heavy atom. The van der Waals surface area contributed by atoms with Crippen LogP contribution in [0.5, 0.6) is 5.75 Å². The fourth-order valence-corrected chi connectivity index (χ4v) is 10.5. The second-order valence-electron chi connectivity index (χ2n) is 8.91. The first kappa shape index (κ1) is 23.9. The molecular weight excluding hydrogens is 442 g/mol. The van der Waals surface area contributed by atoms with E-state index < -0.39 is 8.32 Å². The van der Waals surface area contributed by atoms with E-state index in [-0.39, 0.29) is 0 Å². The highest BCUT2D eigenvalue weighted by Crippen LogP contribution is 2.45. The minimum absolute atomic E-state index is 0.473. The highest BCUT2D eigenvalue weighted by atomic mass is 79.9. The Bertz CT molecular complexity index is 840. The summed E-state index contributed by atoms with van der Waals surface area (Å²) in [5.74, 6) is 0.925. The van der Waals surface area contributed by atoms with Crippen molar-refractivity contribution in [1.82, 2.24) is 0 Å². The molecular formula is C24H36BrNO2Si. The molecule has 0 unspecified atom stereocenters. The van der Waals surface area contributed by atoms with Crippen molar-refractivity contribution in [1.29, 1.82) is 0 Å². The number of halogens is 1. The van der Waals surface area contributed by atoms with Crippen molar-refractivity contribution in [3.63, 3.8) is 0 Å². The van der Waals surface area contributed by atoms with Crippen LogP contribution in [0.25, 0.3) is 10.8 Å². The Morgan fingerprint density at radius 3 is 2.21 bits per heavy atom. The molecule has 0 aliphatic carbocycles. The third-order valence-corrected chi connectivity index (χ3v) is 12.6. The highest BCUT2D eigenvalue weighted by molar-refractivity contribution is 9.10. The Morgan fingerprint density at radius 1 is 1.07 bits per heavy atom. The van der Waals surface area contributed by atoms with Crippen molar-refractivity contribution in [3.8, 4) is 5.75 Å². The van der Waals surface area contributed by atoms with Gasteiger partial charge in [-0.1, -0.05) is 82.0 Å². The van der Waals surface area contributed by atoms with E-state index >= 15 is 0 Å². The van der Waals surface area contributed by atoms with Gasteiger partial charge in [-0.05, 0) is 64.0 Å². The molecule has 0 radical (unpaired) electrons. The van der Waals surface area contributed by atoms with Gasteiger partial charge in [0.2, 0.25) is 0 Å². The summed E-state index contributed by atoms with van der Waals surface area (Å²) in [5, 5.41) is 15.1. The molecule has 0 amide bonds. The van der Waals surface area contributed by atoms with Crippen molar-refractivity contribution in [2.24, 2.45) is 5.16 Å². The van der Waals surface area contributed by atoms with Gasteiger partial charge in [0.1, 0.15) is 5.75 Å². The van der Waals surface area contributed by atoms with Crippen LogP contribution in [0.1, 0.15) is 72.4 Å². The topological polar surface area (TPSA) is 41.8 Å². The summed E-state index contributed by atoms with van der Waals surface area (Å²) in [6.07, 6.45) is 4.74. The van der Waals surface area contributed by atoms with Gasteiger partial charge in [0.15, 0.2) is 0 Å². The van der Waals surface area contributed by atoms with Gasteiger partial charge in [0.25, 0.3) is 8.32 Å². The third-order valence-electron chi connectivity index (χ3n) is 6.14. The van der Waals surface area contributed by atoms with Crippen LogP contribution in [0.2, 0.25) is 16.6 Å². The summed E-state index contributed by atoms with van der Waals surface area (Å²) in [7, 11) is -2.15. The highest BCUT2D eigenvalue weighted by Gasteiger charge is 2.47. The summed E-state index contributed by atoms with van der Waals surface area (Å²) >= 11 is 3.59. The Balaban J connectivity index is 2.83. The number of nitrogens with zero attached hydrogens (tertiary/aromatic N) is 1. The minimum Gasteiger partial charge on any atom is -0.542 e. The summed E-state index contributed by atoms with van der Waals surface area (Å²) in [6, 6.07) is 8.50. The second-order valence-corrected chi connectivity index (χ2v) is 15.2. The third kappa shape index (κ3) is 4.88. The van der Waals surface area contributed by atoms with Crippen molar-refractivity contribution >= 4 is 41.2 Å². The monoisotopic (exact) mass is 477 g/mol. The lowest BCUT2D eigenvalue weighted by Gasteiger charge is -2.43. The summed E-state index contributed by atoms with van der Waals surface area (Å²) in [4.78, 5) is 0. The molecule has 160 valence electrons. The summed E-state index contributed by atoms with van der Waals surface area (Å²) < 4.78 is 8.21. The molecule has 0 spiro atoms. The van der Waals surface area contributed by atoms with Crippen LogP contribution < -0.4 is 4.43 Å². The predicted octanol–water partition coefficient (Wildman–Crippen LogP) is 8.31. The lowest BCUT2D eigenvalue weighted by atomic mass is 9.97. The van der Waals surface area contributed by atoms with E-state index in [1.165, 1.54) is 5.56 Å². The maximum Gasteiger partial charge on any atom is 0.258 e. The van der Waals surface area contributed by atoms with E-state index in [4.69, 9.17) is 4.43 Å². The van der Waals surface area contributed by atoms with Crippen LogP contribution in [0, 0.1) is 0 Å². The van der Waals surface area contributed by atoms with Crippen molar-refractivity contribution in [2.75, 3.05) is 0 Å². The molecule has 2 aromatic carbocycles. The molecule has 2 aromatic rings. The van der Waals surface area contributed by atoms with E-state index in [0.29, 0.717) is 16.6 Å². The molecule has 0 aliphatic heterocycles. The summed E-state index contributed by atoms with van der Waals surface area (Å²) in [5.41, 5.74) is 3.52. The number of oxime groups is 1. The smallest absolute Gasteiger partial charge is 0.258 e. The summed E-state index contributed by atoms with van der Waals surface area (Å²) in [6.45, 7) is 16.0. The Kier molecular flexibility index (Phi) is 8.35. The molecule has 0 atom stereocenters. The molecule has 1 N–H and O–H groups in total. The van der Waals surface area contributed by atoms with Crippen molar-refractivity contribution in [3.05, 3.63) is 39.9 Å². The zero-order valence-electron chi connectivity index (χ0n) is 18.9. The number of rotatable bonds is 9. The predicted molar refractivity (Wildman–Crippen MR) is 131 cm³/mol. The Hall–Kier alpha value is -1.33. The van der Waals surface area contributed by atoms with Crippen LogP contribution in [0.15, 0.2) is 33.9 Å². The van der Waals surface area contributed by atoms with E-state index in [0.717, 1.165) is 45.8 Å². The van der Waals surface area contributed by atoms with Gasteiger partial charge in [0.05, 0.1) is 6.21 Å². The van der Waals surface area contributed by atoms with Crippen LogP contribution in [-0.2, 0) is 6.42 Å². The average molecular weight is 479 g/mol. The van der Waals surface area contributed by atoms with Crippen LogP contribution in [-0.4, -0.2) is 19.7 Å². The van der Waals surface area contributed by atoms with E-state index in [1.54, 1.807) is 6.21 Å². The Labute approximate surface area is 185 Å². The van der Waals surface area contributed by atoms with Gasteiger partial charge in [-0.2, -0.15) is 0 Å². The van der Waals surface area contributed by atoms with Gasteiger partial charge in [0, 0.05) is 10.0 Å². The van der Waals surface area contributed by atoms with Gasteiger partial charge in [-0.3, -0.25) is 0 Å². The number of benzene rings is 2. The van der Waals surface area contributed by atoms with Crippen molar-refractivity contribution < 1.29 is 9.63 Å². The van der Waals surface area contributed by atoms with Crippen molar-refractivity contribution in [2.45, 2.75) is 84.4 Å². The number of hydrogen-bond donors (Lipinski definition) is 1. The zero-order chi connectivity index (χ0) is 21.8. The zero-order valence-corrected chi connectivity index (χ0v) is 21.5. The lowest BCUT2D eigenvalue weighted by molar-refractivity contribution is 0.321. The van der Waals surface area contributed by atoms with Crippen LogP contribution in [0.4, 0.5) is 0 Å². The maximum atomic E-state index is 9.47. The quantitative estimate of drug-likeness (QED) is 0.170. The lowest BCUT2D eigenvalue weighted by Crippen LogP contribution is -2.51. The average Bonchev–Trinajstić information content (AvgIpc) is 2.64. The van der Waals surface area contributed by atoms with Gasteiger partial charge >= 0.3 is 0 Å². The van der Waals surface area contributed by atoms with Crippen LogP contribution >= 0.6 is 15.9 Å². The standard InChI is InChI=1S/C24H36BrNO2Si/c1-8-9-10-19-13-20-14-21(25)11-12-22(20)23(15-26-27)24(19)28-29(16(2)3,17(4)5)18(6)7/h11-18,27H,8-10H2,1-7H3/b26-15+. The molecule has 5 heteroatoms. The fourth-order valence-electron chi connectivity index (χ4n) is 4.84. The molecule has 29 heavy (non-hydrogen) atoms. The number of unbranched alkanes of at least 4 members (excludes halogenated alkanes) is 1. The number of hydrogen-bond acceptors (Lipinski definition) is 3. The first-order valence-electron chi connectivity index (χ1n) is 10.8. The molecule has 0 saturated heterocycles. The van der Waals surface area contributed by atoms with Crippen LogP contribution in [0.3, 0.4) is 0 Å². The molecule has 0 aromatic heterocycles. The first-order chi connectivity index (χ1) is 13.7. The molecule has 3 nitrogen and oxygen atoms in total. The molecule has 0 bridgehead atoms. The minimum atomic E-state index is -2.15. The van der Waals surface area contributed by atoms with E-state index in [2.05, 4.69) is 87.8 Å². The molecule has 0 heterocycles. The van der Waals surface area contributed by atoms with Gasteiger partial charge in [-0.25, -0.2) is 0 Å². The first-order valence-corrected chi connectivity index (χ1v) is 13.7. The number of aryl methyl sites for hydroxylation is 1.